The van der Waals surface area contributed by atoms with E-state index in [9.17, 15) is 8.42 Å². The van der Waals surface area contributed by atoms with Crippen molar-refractivity contribution in [1.82, 2.24) is 9.21 Å². The molecule has 0 N–H and O–H groups in total. The summed E-state index contributed by atoms with van der Waals surface area (Å²) in [5.74, 6) is 0. The SMILES string of the molecule is O=S(=O)(c1cccc(Br)c1)N1CCCN(Cc2ccccc2)CC1. The van der Waals surface area contributed by atoms with Gasteiger partial charge in [-0.05, 0) is 36.7 Å². The molecule has 1 aliphatic rings. The zero-order valence-electron chi connectivity index (χ0n) is 13.4. The largest absolute Gasteiger partial charge is 0.298 e. The fraction of sp³-hybridized carbons (Fsp3) is 0.333. The van der Waals surface area contributed by atoms with E-state index in [1.807, 2.05) is 24.3 Å². The van der Waals surface area contributed by atoms with Crippen molar-refractivity contribution in [2.45, 2.75) is 17.9 Å². The van der Waals surface area contributed by atoms with Crippen LogP contribution in [0.3, 0.4) is 0 Å². The van der Waals surface area contributed by atoms with Crippen LogP contribution in [-0.4, -0.2) is 43.8 Å². The van der Waals surface area contributed by atoms with Gasteiger partial charge in [0.15, 0.2) is 0 Å². The molecule has 128 valence electrons. The average Bonchev–Trinajstić information content (AvgIpc) is 2.82. The third kappa shape index (κ3) is 4.25. The van der Waals surface area contributed by atoms with Crippen molar-refractivity contribution in [3.05, 3.63) is 64.6 Å². The molecule has 0 amide bonds. The van der Waals surface area contributed by atoms with E-state index >= 15 is 0 Å². The number of nitrogens with zero attached hydrogens (tertiary/aromatic N) is 2. The molecule has 1 fully saturated rings. The lowest BCUT2D eigenvalue weighted by atomic mass is 10.2. The van der Waals surface area contributed by atoms with Crippen molar-refractivity contribution >= 4 is 26.0 Å². The molecule has 0 unspecified atom stereocenters. The van der Waals surface area contributed by atoms with Crippen LogP contribution in [-0.2, 0) is 16.6 Å². The van der Waals surface area contributed by atoms with Crippen LogP contribution in [0.1, 0.15) is 12.0 Å². The van der Waals surface area contributed by atoms with Crippen LogP contribution in [0.5, 0.6) is 0 Å². The summed E-state index contributed by atoms with van der Waals surface area (Å²) >= 11 is 3.35. The van der Waals surface area contributed by atoms with Crippen LogP contribution in [0.4, 0.5) is 0 Å². The van der Waals surface area contributed by atoms with Crippen molar-refractivity contribution in [2.75, 3.05) is 26.2 Å². The first-order valence-corrected chi connectivity index (χ1v) is 10.3. The van der Waals surface area contributed by atoms with Gasteiger partial charge >= 0.3 is 0 Å². The van der Waals surface area contributed by atoms with E-state index in [-0.39, 0.29) is 0 Å². The predicted octanol–water partition coefficient (Wildman–Crippen LogP) is 3.35. The van der Waals surface area contributed by atoms with Gasteiger partial charge in [-0.2, -0.15) is 4.31 Å². The maximum absolute atomic E-state index is 12.8. The molecular weight excluding hydrogens is 388 g/mol. The van der Waals surface area contributed by atoms with Crippen LogP contribution < -0.4 is 0 Å². The molecule has 4 nitrogen and oxygen atoms in total. The lowest BCUT2D eigenvalue weighted by Gasteiger charge is -2.22. The van der Waals surface area contributed by atoms with Crippen LogP contribution >= 0.6 is 15.9 Å². The minimum atomic E-state index is -3.43. The number of sulfonamides is 1. The number of hydrogen-bond acceptors (Lipinski definition) is 3. The molecule has 1 heterocycles. The Morgan fingerprint density at radius 1 is 0.917 bits per heavy atom. The number of rotatable bonds is 4. The first-order chi connectivity index (χ1) is 11.6. The predicted molar refractivity (Wildman–Crippen MR) is 99.2 cm³/mol. The fourth-order valence-corrected chi connectivity index (χ4v) is 5.03. The smallest absolute Gasteiger partial charge is 0.243 e. The minimum absolute atomic E-state index is 0.355. The topological polar surface area (TPSA) is 40.6 Å². The summed E-state index contributed by atoms with van der Waals surface area (Å²) in [5.41, 5.74) is 1.26. The van der Waals surface area contributed by atoms with Gasteiger partial charge in [-0.25, -0.2) is 8.42 Å². The second-order valence-electron chi connectivity index (χ2n) is 5.98. The van der Waals surface area contributed by atoms with Gasteiger partial charge in [0.25, 0.3) is 0 Å². The summed E-state index contributed by atoms with van der Waals surface area (Å²) in [6, 6.07) is 17.2. The molecule has 0 bridgehead atoms. The lowest BCUT2D eigenvalue weighted by Crippen LogP contribution is -2.35. The Labute approximate surface area is 152 Å². The molecule has 0 saturated carbocycles. The first kappa shape index (κ1) is 17.6. The maximum atomic E-state index is 12.8. The number of benzene rings is 2. The zero-order valence-corrected chi connectivity index (χ0v) is 15.8. The molecule has 0 aliphatic carbocycles. The molecule has 2 aromatic carbocycles. The highest BCUT2D eigenvalue weighted by Gasteiger charge is 2.26. The molecule has 2 aromatic rings. The van der Waals surface area contributed by atoms with E-state index in [1.54, 1.807) is 22.5 Å². The Hall–Kier alpha value is -1.21. The van der Waals surface area contributed by atoms with Crippen molar-refractivity contribution in [3.63, 3.8) is 0 Å². The van der Waals surface area contributed by atoms with Crippen molar-refractivity contribution in [1.29, 1.82) is 0 Å². The van der Waals surface area contributed by atoms with Crippen molar-refractivity contribution in [2.24, 2.45) is 0 Å². The Morgan fingerprint density at radius 2 is 1.71 bits per heavy atom. The monoisotopic (exact) mass is 408 g/mol. The third-order valence-corrected chi connectivity index (χ3v) is 6.62. The minimum Gasteiger partial charge on any atom is -0.298 e. The Kier molecular flexibility index (Phi) is 5.71. The van der Waals surface area contributed by atoms with Gasteiger partial charge in [0.2, 0.25) is 10.0 Å². The van der Waals surface area contributed by atoms with E-state index < -0.39 is 10.0 Å². The molecule has 0 aromatic heterocycles. The van der Waals surface area contributed by atoms with E-state index in [4.69, 9.17) is 0 Å². The van der Waals surface area contributed by atoms with Crippen molar-refractivity contribution < 1.29 is 8.42 Å². The van der Waals surface area contributed by atoms with Crippen LogP contribution in [0.2, 0.25) is 0 Å². The second kappa shape index (κ2) is 7.78. The summed E-state index contributed by atoms with van der Waals surface area (Å²) < 4.78 is 28.1. The normalized spacial score (nSPS) is 17.5. The van der Waals surface area contributed by atoms with Gasteiger partial charge in [0, 0.05) is 30.7 Å². The molecule has 1 aliphatic heterocycles. The van der Waals surface area contributed by atoms with Crippen molar-refractivity contribution in [3.8, 4) is 0 Å². The molecule has 3 rings (SSSR count). The second-order valence-corrected chi connectivity index (χ2v) is 8.83. The summed E-state index contributed by atoms with van der Waals surface area (Å²) in [6.45, 7) is 3.63. The average molecular weight is 409 g/mol. The standard InChI is InChI=1S/C18H21BrN2O2S/c19-17-8-4-9-18(14-17)24(22,23)21-11-5-10-20(12-13-21)15-16-6-2-1-3-7-16/h1-4,6-9,14H,5,10-13,15H2. The molecule has 1 saturated heterocycles. The fourth-order valence-electron chi connectivity index (χ4n) is 2.96. The van der Waals surface area contributed by atoms with Gasteiger partial charge in [-0.15, -0.1) is 0 Å². The Bertz CT molecular complexity index is 781. The van der Waals surface area contributed by atoms with E-state index in [0.717, 1.165) is 30.5 Å². The van der Waals surface area contributed by atoms with E-state index in [0.29, 0.717) is 18.0 Å². The van der Waals surface area contributed by atoms with Gasteiger partial charge in [-0.3, -0.25) is 4.90 Å². The van der Waals surface area contributed by atoms with Gasteiger partial charge in [0.05, 0.1) is 4.90 Å². The highest BCUT2D eigenvalue weighted by atomic mass is 79.9. The van der Waals surface area contributed by atoms with E-state index in [2.05, 4.69) is 33.0 Å². The summed E-state index contributed by atoms with van der Waals surface area (Å²) in [7, 11) is -3.43. The summed E-state index contributed by atoms with van der Waals surface area (Å²) in [4.78, 5) is 2.68. The first-order valence-electron chi connectivity index (χ1n) is 8.08. The molecule has 6 heteroatoms. The number of halogens is 1. The summed E-state index contributed by atoms with van der Waals surface area (Å²) in [5, 5.41) is 0. The number of hydrogen-bond donors (Lipinski definition) is 0. The third-order valence-electron chi connectivity index (χ3n) is 4.23. The lowest BCUT2D eigenvalue weighted by molar-refractivity contribution is 0.278. The molecule has 0 spiro atoms. The maximum Gasteiger partial charge on any atom is 0.243 e. The van der Waals surface area contributed by atoms with E-state index in [1.165, 1.54) is 5.56 Å². The molecule has 0 atom stereocenters. The summed E-state index contributed by atoms with van der Waals surface area (Å²) in [6.07, 6.45) is 0.847. The Balaban J connectivity index is 1.69. The van der Waals surface area contributed by atoms with Crippen LogP contribution in [0.15, 0.2) is 64.0 Å². The van der Waals surface area contributed by atoms with Gasteiger partial charge < -0.3 is 0 Å². The van der Waals surface area contributed by atoms with Crippen LogP contribution in [0, 0.1) is 0 Å². The molecular formula is C18H21BrN2O2S. The highest BCUT2D eigenvalue weighted by molar-refractivity contribution is 9.10. The Morgan fingerprint density at radius 3 is 2.46 bits per heavy atom. The zero-order chi connectivity index (χ0) is 17.0. The quantitative estimate of drug-likeness (QED) is 0.778. The van der Waals surface area contributed by atoms with Gasteiger partial charge in [0.1, 0.15) is 0 Å². The van der Waals surface area contributed by atoms with Crippen LogP contribution in [0.25, 0.3) is 0 Å². The highest BCUT2D eigenvalue weighted by Crippen LogP contribution is 2.21. The van der Waals surface area contributed by atoms with Gasteiger partial charge in [-0.1, -0.05) is 52.3 Å². The molecule has 0 radical (unpaired) electrons. The molecule has 24 heavy (non-hydrogen) atoms.